The summed E-state index contributed by atoms with van der Waals surface area (Å²) in [4.78, 5) is 11.2. The molecule has 1 amide bonds. The third-order valence-electron chi connectivity index (χ3n) is 1.28. The van der Waals surface area contributed by atoms with Gasteiger partial charge in [0.2, 0.25) is 16.2 Å². The lowest BCUT2D eigenvalue weighted by molar-refractivity contribution is -0.116. The summed E-state index contributed by atoms with van der Waals surface area (Å²) >= 11 is 1.17. The zero-order valence-corrected chi connectivity index (χ0v) is 8.39. The molecule has 13 heavy (non-hydrogen) atoms. The van der Waals surface area contributed by atoms with Gasteiger partial charge in [-0.3, -0.25) is 4.79 Å². The van der Waals surface area contributed by atoms with E-state index < -0.39 is 0 Å². The molecule has 0 fully saturated rings. The van der Waals surface area contributed by atoms with E-state index in [-0.39, 0.29) is 5.91 Å². The van der Waals surface area contributed by atoms with Crippen molar-refractivity contribution in [2.75, 3.05) is 11.1 Å². The van der Waals surface area contributed by atoms with Gasteiger partial charge >= 0.3 is 0 Å². The van der Waals surface area contributed by atoms with Crippen molar-refractivity contribution in [3.8, 4) is 0 Å². The van der Waals surface area contributed by atoms with E-state index in [0.717, 1.165) is 0 Å². The van der Waals surface area contributed by atoms with Crippen molar-refractivity contribution < 1.29 is 4.79 Å². The summed E-state index contributed by atoms with van der Waals surface area (Å²) in [5.74, 6) is 0.288. The summed E-state index contributed by atoms with van der Waals surface area (Å²) in [7, 11) is 0. The molecule has 0 radical (unpaired) electrons. The number of nitrogens with one attached hydrogen (secondary N) is 1. The molecule has 1 aromatic heterocycles. The van der Waals surface area contributed by atoms with Crippen molar-refractivity contribution in [1.82, 2.24) is 10.2 Å². The molecular weight excluding hydrogens is 188 g/mol. The lowest BCUT2D eigenvalue weighted by atomic mass is 10.1. The maximum Gasteiger partial charge on any atom is 0.226 e. The van der Waals surface area contributed by atoms with Crippen molar-refractivity contribution in [3.05, 3.63) is 0 Å². The van der Waals surface area contributed by atoms with Crippen LogP contribution in [0, 0.1) is 5.92 Å². The molecule has 1 rings (SSSR count). The Labute approximate surface area is 80.4 Å². The highest BCUT2D eigenvalue weighted by Crippen LogP contribution is 2.16. The first-order valence-corrected chi connectivity index (χ1v) is 4.78. The Morgan fingerprint density at radius 1 is 1.62 bits per heavy atom. The SMILES string of the molecule is CC(C)CC(=O)Nc1nnc(N)s1. The third-order valence-corrected chi connectivity index (χ3v) is 1.95. The van der Waals surface area contributed by atoms with E-state index in [1.54, 1.807) is 0 Å². The molecule has 6 heteroatoms. The largest absolute Gasteiger partial charge is 0.374 e. The minimum absolute atomic E-state index is 0.0499. The number of anilines is 2. The Morgan fingerprint density at radius 2 is 2.31 bits per heavy atom. The van der Waals surface area contributed by atoms with Crippen LogP contribution in [0.5, 0.6) is 0 Å². The van der Waals surface area contributed by atoms with Gasteiger partial charge in [-0.05, 0) is 5.92 Å². The first-order valence-electron chi connectivity index (χ1n) is 3.96. The zero-order valence-electron chi connectivity index (χ0n) is 7.57. The second-order valence-electron chi connectivity index (χ2n) is 3.09. The van der Waals surface area contributed by atoms with Gasteiger partial charge in [0.05, 0.1) is 0 Å². The highest BCUT2D eigenvalue weighted by Gasteiger charge is 2.07. The van der Waals surface area contributed by atoms with Crippen LogP contribution in [0.3, 0.4) is 0 Å². The van der Waals surface area contributed by atoms with E-state index in [1.165, 1.54) is 11.3 Å². The normalized spacial score (nSPS) is 10.4. The first-order chi connectivity index (χ1) is 6.08. The van der Waals surface area contributed by atoms with E-state index in [2.05, 4.69) is 15.5 Å². The molecular formula is C7H12N4OS. The van der Waals surface area contributed by atoms with Crippen molar-refractivity contribution in [2.24, 2.45) is 5.92 Å². The number of amides is 1. The highest BCUT2D eigenvalue weighted by molar-refractivity contribution is 7.18. The number of nitrogens with two attached hydrogens (primary N) is 1. The molecule has 3 N–H and O–H groups in total. The van der Waals surface area contributed by atoms with Crippen LogP contribution < -0.4 is 11.1 Å². The average molecular weight is 200 g/mol. The number of carbonyl (C=O) groups excluding carboxylic acids is 1. The molecule has 0 atom stereocenters. The van der Waals surface area contributed by atoms with Crippen LogP contribution in [0.1, 0.15) is 20.3 Å². The summed E-state index contributed by atoms with van der Waals surface area (Å²) in [5.41, 5.74) is 5.35. The zero-order chi connectivity index (χ0) is 9.84. The second kappa shape index (κ2) is 4.18. The molecule has 0 saturated carbocycles. The van der Waals surface area contributed by atoms with Crippen LogP contribution in [0.4, 0.5) is 10.3 Å². The maximum absolute atomic E-state index is 11.2. The topological polar surface area (TPSA) is 80.9 Å². The predicted molar refractivity (Wildman–Crippen MR) is 52.4 cm³/mol. The summed E-state index contributed by atoms with van der Waals surface area (Å²) in [5, 5.41) is 10.7. The molecule has 72 valence electrons. The van der Waals surface area contributed by atoms with Gasteiger partial charge in [-0.25, -0.2) is 0 Å². The molecule has 1 heterocycles. The van der Waals surface area contributed by atoms with Crippen molar-refractivity contribution >= 4 is 27.5 Å². The molecule has 0 aliphatic carbocycles. The van der Waals surface area contributed by atoms with Crippen LogP contribution in [0.25, 0.3) is 0 Å². The Bertz CT molecular complexity index is 296. The molecule has 0 aliphatic rings. The summed E-state index contributed by atoms with van der Waals surface area (Å²) in [6, 6.07) is 0. The number of hydrogen-bond acceptors (Lipinski definition) is 5. The summed E-state index contributed by atoms with van der Waals surface area (Å²) in [6.07, 6.45) is 0.486. The van der Waals surface area contributed by atoms with Gasteiger partial charge in [0, 0.05) is 6.42 Å². The molecule has 1 aromatic rings. The van der Waals surface area contributed by atoms with Crippen LogP contribution in [0.2, 0.25) is 0 Å². The van der Waals surface area contributed by atoms with Crippen molar-refractivity contribution in [2.45, 2.75) is 20.3 Å². The number of carbonyl (C=O) groups is 1. The van der Waals surface area contributed by atoms with E-state index in [4.69, 9.17) is 5.73 Å². The first kappa shape index (κ1) is 9.91. The van der Waals surface area contributed by atoms with Crippen LogP contribution >= 0.6 is 11.3 Å². The van der Waals surface area contributed by atoms with E-state index in [9.17, 15) is 4.79 Å². The molecule has 5 nitrogen and oxygen atoms in total. The van der Waals surface area contributed by atoms with Gasteiger partial charge in [0.15, 0.2) is 0 Å². The monoisotopic (exact) mass is 200 g/mol. The van der Waals surface area contributed by atoms with Gasteiger partial charge in [-0.15, -0.1) is 10.2 Å². The quantitative estimate of drug-likeness (QED) is 0.765. The standard InChI is InChI=1S/C7H12N4OS/c1-4(2)3-5(12)9-7-11-10-6(8)13-7/h4H,3H2,1-2H3,(H2,8,10)(H,9,11,12). The fourth-order valence-corrected chi connectivity index (χ4v) is 1.35. The average Bonchev–Trinajstić information content (AvgIpc) is 2.33. The lowest BCUT2D eigenvalue weighted by Crippen LogP contribution is -2.13. The van der Waals surface area contributed by atoms with Crippen LogP contribution in [0.15, 0.2) is 0 Å². The molecule has 0 bridgehead atoms. The number of aromatic nitrogens is 2. The Balaban J connectivity index is 2.45. The second-order valence-corrected chi connectivity index (χ2v) is 4.10. The highest BCUT2D eigenvalue weighted by atomic mass is 32.1. The van der Waals surface area contributed by atoms with Crippen molar-refractivity contribution in [3.63, 3.8) is 0 Å². The minimum Gasteiger partial charge on any atom is -0.374 e. The van der Waals surface area contributed by atoms with Gasteiger partial charge in [-0.2, -0.15) is 0 Å². The molecule has 0 aliphatic heterocycles. The summed E-state index contributed by atoms with van der Waals surface area (Å²) < 4.78 is 0. The van der Waals surface area contributed by atoms with Crippen LogP contribution in [-0.4, -0.2) is 16.1 Å². The van der Waals surface area contributed by atoms with Crippen molar-refractivity contribution in [1.29, 1.82) is 0 Å². The maximum atomic E-state index is 11.2. The predicted octanol–water partition coefficient (Wildman–Crippen LogP) is 1.10. The number of nitrogens with zero attached hydrogens (tertiary/aromatic N) is 2. The molecule has 0 unspecified atom stereocenters. The van der Waals surface area contributed by atoms with Crippen LogP contribution in [-0.2, 0) is 4.79 Å². The number of rotatable bonds is 3. The Morgan fingerprint density at radius 3 is 2.77 bits per heavy atom. The third kappa shape index (κ3) is 3.37. The van der Waals surface area contributed by atoms with E-state index in [0.29, 0.717) is 22.6 Å². The van der Waals surface area contributed by atoms with Gasteiger partial charge in [-0.1, -0.05) is 25.2 Å². The van der Waals surface area contributed by atoms with Gasteiger partial charge in [0.25, 0.3) is 0 Å². The minimum atomic E-state index is -0.0499. The number of hydrogen-bond donors (Lipinski definition) is 2. The Kier molecular flexibility index (Phi) is 3.18. The van der Waals surface area contributed by atoms with Gasteiger partial charge in [0.1, 0.15) is 0 Å². The molecule has 0 spiro atoms. The smallest absolute Gasteiger partial charge is 0.226 e. The van der Waals surface area contributed by atoms with Gasteiger partial charge < -0.3 is 11.1 Å². The fourth-order valence-electron chi connectivity index (χ4n) is 0.826. The Hall–Kier alpha value is -1.17. The number of nitrogen functional groups attached to an aromatic ring is 1. The van der Waals surface area contributed by atoms with E-state index >= 15 is 0 Å². The molecule has 0 aromatic carbocycles. The lowest BCUT2D eigenvalue weighted by Gasteiger charge is -2.02. The fraction of sp³-hybridized carbons (Fsp3) is 0.571. The van der Waals surface area contributed by atoms with E-state index in [1.807, 2.05) is 13.8 Å². The summed E-state index contributed by atoms with van der Waals surface area (Å²) in [6.45, 7) is 3.96. The molecule has 0 saturated heterocycles.